The van der Waals surface area contributed by atoms with Gasteiger partial charge in [0.2, 0.25) is 0 Å². The minimum Gasteiger partial charge on any atom is -0.403 e. The maximum Gasteiger partial charge on any atom is 0.530 e. The number of phosphoric acid groups is 1. The van der Waals surface area contributed by atoms with E-state index in [0.29, 0.717) is 15.7 Å². The van der Waals surface area contributed by atoms with E-state index >= 15 is 4.39 Å². The first-order valence-electron chi connectivity index (χ1n) is 10.1. The van der Waals surface area contributed by atoms with Gasteiger partial charge in [0.1, 0.15) is 30.1 Å². The van der Waals surface area contributed by atoms with E-state index in [2.05, 4.69) is 10.9 Å². The lowest BCUT2D eigenvalue weighted by molar-refractivity contribution is -0.205. The van der Waals surface area contributed by atoms with Crippen LogP contribution < -0.4 is 10.1 Å². The Morgan fingerprint density at radius 1 is 1.52 bits per heavy atom. The molecule has 2 aliphatic heterocycles. The molecule has 0 radical (unpaired) electrons. The predicted octanol–water partition coefficient (Wildman–Crippen LogP) is 2.15. The molecule has 1 fully saturated rings. The summed E-state index contributed by atoms with van der Waals surface area (Å²) in [5, 5.41) is 20.8. The fourth-order valence-electron chi connectivity index (χ4n) is 3.51. The minimum atomic E-state index is -4.35. The van der Waals surface area contributed by atoms with Gasteiger partial charge in [-0.3, -0.25) is 23.4 Å². The summed E-state index contributed by atoms with van der Waals surface area (Å²) in [7, 11) is -4.35. The van der Waals surface area contributed by atoms with Gasteiger partial charge in [0.05, 0.1) is 7.98 Å². The number of aliphatic hydroxyl groups excluding tert-OH is 2. The second-order valence-corrected chi connectivity index (χ2v) is 9.57. The number of rotatable bonds is 4. The zero-order valence-corrected chi connectivity index (χ0v) is 19.1. The number of fused-ring (bicyclic) bond motifs is 1. The molecular weight excluding hydrogens is 478 g/mol. The molecule has 2 aliphatic rings. The number of aliphatic hydroxyl groups is 2. The van der Waals surface area contributed by atoms with Crippen molar-refractivity contribution in [3.63, 3.8) is 0 Å². The summed E-state index contributed by atoms with van der Waals surface area (Å²) in [5.74, 6) is -0.922. The Morgan fingerprint density at radius 3 is 2.94 bits per heavy atom. The van der Waals surface area contributed by atoms with Crippen LogP contribution in [0.1, 0.15) is 29.8 Å². The van der Waals surface area contributed by atoms with Gasteiger partial charge in [-0.2, -0.15) is 0 Å². The fourth-order valence-corrected chi connectivity index (χ4v) is 5.04. The van der Waals surface area contributed by atoms with Gasteiger partial charge in [-0.1, -0.05) is 23.6 Å². The second kappa shape index (κ2) is 8.45. The molecule has 2 aromatic rings. The average molecular weight is 499 g/mol. The normalized spacial score (nSPS) is 33.6. The molecule has 0 saturated carbocycles. The van der Waals surface area contributed by atoms with Crippen LogP contribution >= 0.6 is 20.0 Å². The fraction of sp³-hybridized carbons (Fsp3) is 0.400. The number of hydrogen-bond donors (Lipinski definition) is 3. The molecule has 3 N–H and O–H groups in total. The molecule has 0 amide bonds. The molecule has 13 heteroatoms. The summed E-state index contributed by atoms with van der Waals surface area (Å²) in [6, 6.07) is 3.56. The number of halogens is 1. The number of aromatic nitrogens is 2. The summed E-state index contributed by atoms with van der Waals surface area (Å²) >= 11 is 4.97. The number of hydrogen-bond acceptors (Lipinski definition) is 9. The van der Waals surface area contributed by atoms with E-state index in [-0.39, 0.29) is 17.9 Å². The molecule has 1 unspecified atom stereocenters. The van der Waals surface area contributed by atoms with Crippen LogP contribution in [0.5, 0.6) is 5.75 Å². The van der Waals surface area contributed by atoms with Gasteiger partial charge in [0, 0.05) is 11.8 Å². The molecular formula is C20H20FN2O8PS. The Labute approximate surface area is 193 Å². The van der Waals surface area contributed by atoms with Crippen molar-refractivity contribution in [2.24, 2.45) is 0 Å². The Balaban J connectivity index is 1.59. The SMILES string of the molecule is [2H][C@@]1(n2cc(C#C)c(=O)[nH]c2=S)O[C@](F)(COP2(=O)OCc3cc(C)cc(C)c3O2)[C@@H](O)[C@H]1O. The third-order valence-electron chi connectivity index (χ3n) is 5.10. The van der Waals surface area contributed by atoms with Gasteiger partial charge < -0.3 is 19.5 Å². The first-order valence-corrected chi connectivity index (χ1v) is 11.5. The molecule has 1 aromatic heterocycles. The number of aryl methyl sites for hydroxylation is 2. The first-order chi connectivity index (χ1) is 15.8. The highest BCUT2D eigenvalue weighted by molar-refractivity contribution is 7.71. The summed E-state index contributed by atoms with van der Waals surface area (Å²) in [4.78, 5) is 14.0. The molecule has 10 nitrogen and oxygen atoms in total. The van der Waals surface area contributed by atoms with Crippen molar-refractivity contribution in [1.82, 2.24) is 9.55 Å². The van der Waals surface area contributed by atoms with E-state index in [1.807, 2.05) is 6.92 Å². The molecule has 0 aliphatic carbocycles. The standard InChI is InChI=1S/C20H20FN2O8PS/c1-4-12-7-23(19(33)22-17(12)26)18-14(24)16(25)20(21,30-18)9-29-32(27)28-8-13-6-10(2)5-11(3)15(13)31-32/h1,5-7,14,16,18,24-25H,8-9H2,2-3H3,(H,22,26,33)/t14-,16+,18-,20-,32?/m1/s1/i18D. The van der Waals surface area contributed by atoms with Crippen LogP contribution in [0.3, 0.4) is 0 Å². The number of phosphoric ester groups is 1. The first kappa shape index (κ1) is 22.4. The third kappa shape index (κ3) is 4.29. The van der Waals surface area contributed by atoms with Crippen LogP contribution in [0.2, 0.25) is 0 Å². The Morgan fingerprint density at radius 2 is 2.24 bits per heavy atom. The van der Waals surface area contributed by atoms with Crippen molar-refractivity contribution < 1.29 is 38.8 Å². The monoisotopic (exact) mass is 499 g/mol. The van der Waals surface area contributed by atoms with E-state index in [4.69, 9.17) is 38.3 Å². The van der Waals surface area contributed by atoms with Crippen molar-refractivity contribution in [2.75, 3.05) is 6.61 Å². The van der Waals surface area contributed by atoms with Gasteiger partial charge in [-0.05, 0) is 31.6 Å². The van der Waals surface area contributed by atoms with E-state index in [0.717, 1.165) is 11.8 Å². The summed E-state index contributed by atoms with van der Waals surface area (Å²) in [6.45, 7) is 2.22. The molecule has 176 valence electrons. The van der Waals surface area contributed by atoms with Crippen molar-refractivity contribution in [1.29, 1.82) is 0 Å². The van der Waals surface area contributed by atoms with Crippen LogP contribution in [-0.2, 0) is 25.0 Å². The quantitative estimate of drug-likeness (QED) is 0.329. The molecule has 33 heavy (non-hydrogen) atoms. The van der Waals surface area contributed by atoms with E-state index in [1.165, 1.54) is 0 Å². The molecule has 1 saturated heterocycles. The molecule has 1 aromatic carbocycles. The smallest absolute Gasteiger partial charge is 0.403 e. The number of ether oxygens (including phenoxy) is 1. The van der Waals surface area contributed by atoms with Crippen molar-refractivity contribution in [3.05, 3.63) is 55.7 Å². The summed E-state index contributed by atoms with van der Waals surface area (Å²) in [5.41, 5.74) is 1.19. The molecule has 0 spiro atoms. The zero-order valence-electron chi connectivity index (χ0n) is 18.4. The van der Waals surface area contributed by atoms with Gasteiger partial charge in [-0.25, -0.2) is 8.96 Å². The van der Waals surface area contributed by atoms with Crippen LogP contribution in [0.15, 0.2) is 23.1 Å². The van der Waals surface area contributed by atoms with Gasteiger partial charge in [0.25, 0.3) is 11.4 Å². The van der Waals surface area contributed by atoms with Crippen molar-refractivity contribution >= 4 is 20.0 Å². The molecule has 4 rings (SSSR count). The zero-order chi connectivity index (χ0) is 25.1. The lowest BCUT2D eigenvalue weighted by Gasteiger charge is -2.29. The van der Waals surface area contributed by atoms with Crippen molar-refractivity contribution in [2.45, 2.75) is 44.7 Å². The van der Waals surface area contributed by atoms with Crippen molar-refractivity contribution in [3.8, 4) is 18.1 Å². The van der Waals surface area contributed by atoms with Crippen LogP contribution in [0.25, 0.3) is 0 Å². The van der Waals surface area contributed by atoms with E-state index < -0.39 is 49.0 Å². The topological polar surface area (TPSA) is 132 Å². The van der Waals surface area contributed by atoms with Crippen LogP contribution in [-0.4, -0.2) is 44.4 Å². The highest BCUT2D eigenvalue weighted by Crippen LogP contribution is 2.56. The van der Waals surface area contributed by atoms with Crippen LogP contribution in [0.4, 0.5) is 4.39 Å². The molecule has 3 heterocycles. The van der Waals surface area contributed by atoms with Crippen LogP contribution in [0, 0.1) is 31.0 Å². The Kier molecular flexibility index (Phi) is 5.74. The lowest BCUT2D eigenvalue weighted by atomic mass is 10.1. The lowest BCUT2D eigenvalue weighted by Crippen LogP contribution is -2.43. The number of nitrogens with zero attached hydrogens (tertiary/aromatic N) is 1. The number of aromatic amines is 1. The Bertz CT molecular complexity index is 1380. The summed E-state index contributed by atoms with van der Waals surface area (Å²) < 4.78 is 58.0. The third-order valence-corrected chi connectivity index (χ3v) is 6.70. The maximum atomic E-state index is 15.6. The average Bonchev–Trinajstić information content (AvgIpc) is 2.94. The maximum absolute atomic E-state index is 15.6. The van der Waals surface area contributed by atoms with Gasteiger partial charge in [-0.15, -0.1) is 6.42 Å². The highest BCUT2D eigenvalue weighted by Gasteiger charge is 2.57. The van der Waals surface area contributed by atoms with Gasteiger partial charge in [0.15, 0.2) is 11.0 Å². The van der Waals surface area contributed by atoms with Gasteiger partial charge >= 0.3 is 7.82 Å². The van der Waals surface area contributed by atoms with E-state index in [1.54, 1.807) is 19.1 Å². The second-order valence-electron chi connectivity index (χ2n) is 7.59. The number of benzene rings is 1. The number of H-pyrrole nitrogens is 1. The Hall–Kier alpha value is -2.36. The highest BCUT2D eigenvalue weighted by atomic mass is 32.1. The summed E-state index contributed by atoms with van der Waals surface area (Å²) in [6.07, 6.45) is -1.17. The number of alkyl halides is 1. The molecule has 0 bridgehead atoms. The largest absolute Gasteiger partial charge is 0.530 e. The molecule has 5 atom stereocenters. The van der Waals surface area contributed by atoms with E-state index in [9.17, 15) is 19.6 Å². The minimum absolute atomic E-state index is 0.135. The number of terminal acetylenes is 1. The predicted molar refractivity (Wildman–Crippen MR) is 115 cm³/mol. The number of nitrogens with one attached hydrogen (secondary N) is 1.